The molecule has 5 heteroatoms. The van der Waals surface area contributed by atoms with Crippen LogP contribution in [0, 0.1) is 0 Å². The summed E-state index contributed by atoms with van der Waals surface area (Å²) in [5.74, 6) is -0.240. The second-order valence-corrected chi connectivity index (χ2v) is 4.96. The summed E-state index contributed by atoms with van der Waals surface area (Å²) < 4.78 is 5.14. The number of hydrogen-bond acceptors (Lipinski definition) is 4. The molecular weight excluding hydrogens is 262 g/mol. The summed E-state index contributed by atoms with van der Waals surface area (Å²) in [6, 6.07) is 12.2. The van der Waals surface area contributed by atoms with Crippen LogP contribution in [-0.2, 0) is 0 Å². The van der Waals surface area contributed by atoms with Gasteiger partial charge in [-0.25, -0.2) is 4.79 Å². The van der Waals surface area contributed by atoms with Crippen molar-refractivity contribution in [3.05, 3.63) is 48.0 Å². The van der Waals surface area contributed by atoms with Crippen molar-refractivity contribution in [2.75, 3.05) is 12.8 Å². The van der Waals surface area contributed by atoms with Gasteiger partial charge >= 0.3 is 5.97 Å². The highest BCUT2D eigenvalue weighted by molar-refractivity contribution is 7.99. The zero-order valence-corrected chi connectivity index (χ0v) is 11.1. The Hall–Kier alpha value is -2.14. The van der Waals surface area contributed by atoms with E-state index < -0.39 is 5.97 Å². The fourth-order valence-corrected chi connectivity index (χ4v) is 2.63. The number of aromatic carboxylic acids is 1. The number of ether oxygens (including phenoxy) is 1. The zero-order valence-electron chi connectivity index (χ0n) is 10.3. The fraction of sp³-hybridized carbons (Fsp3) is 0.0714. The highest BCUT2D eigenvalue weighted by Crippen LogP contribution is 2.33. The predicted molar refractivity (Wildman–Crippen MR) is 74.9 cm³/mol. The van der Waals surface area contributed by atoms with Crippen LogP contribution in [-0.4, -0.2) is 18.2 Å². The minimum Gasteiger partial charge on any atom is -0.497 e. The number of carboxylic acid groups (broad SMARTS) is 1. The monoisotopic (exact) mass is 275 g/mol. The van der Waals surface area contributed by atoms with Crippen LogP contribution in [0.4, 0.5) is 5.69 Å². The molecule has 0 saturated carbocycles. The van der Waals surface area contributed by atoms with E-state index in [1.54, 1.807) is 19.2 Å². The van der Waals surface area contributed by atoms with Gasteiger partial charge in [0.1, 0.15) is 5.75 Å². The summed E-state index contributed by atoms with van der Waals surface area (Å²) in [7, 11) is 1.59. The third-order valence-electron chi connectivity index (χ3n) is 2.51. The first-order valence-corrected chi connectivity index (χ1v) is 6.36. The second kappa shape index (κ2) is 5.67. The molecule has 0 atom stereocenters. The Morgan fingerprint density at radius 3 is 2.74 bits per heavy atom. The van der Waals surface area contributed by atoms with Gasteiger partial charge in [0.25, 0.3) is 0 Å². The molecule has 0 fully saturated rings. The van der Waals surface area contributed by atoms with Crippen molar-refractivity contribution in [1.29, 1.82) is 0 Å². The smallest absolute Gasteiger partial charge is 0.336 e. The van der Waals surface area contributed by atoms with Crippen molar-refractivity contribution in [1.82, 2.24) is 0 Å². The summed E-state index contributed by atoms with van der Waals surface area (Å²) in [4.78, 5) is 12.7. The van der Waals surface area contributed by atoms with Gasteiger partial charge in [-0.2, -0.15) is 0 Å². The largest absolute Gasteiger partial charge is 0.497 e. The topological polar surface area (TPSA) is 72.5 Å². The Morgan fingerprint density at radius 2 is 2.05 bits per heavy atom. The first-order valence-electron chi connectivity index (χ1n) is 5.55. The number of hydrogen-bond donors (Lipinski definition) is 2. The number of carbonyl (C=O) groups is 1. The molecule has 0 spiro atoms. The standard InChI is InChI=1S/C14H13NO3S/c1-18-10-3-2-4-11(8-10)19-13-7-9(15)5-6-12(13)14(16)17/h2-8H,15H2,1H3,(H,16,17). The van der Waals surface area contributed by atoms with Gasteiger partial charge < -0.3 is 15.6 Å². The fourth-order valence-electron chi connectivity index (χ4n) is 1.59. The molecule has 0 aliphatic rings. The minimum absolute atomic E-state index is 0.238. The van der Waals surface area contributed by atoms with Crippen molar-refractivity contribution in [3.8, 4) is 5.75 Å². The number of anilines is 1. The highest BCUT2D eigenvalue weighted by Gasteiger charge is 2.11. The van der Waals surface area contributed by atoms with Gasteiger partial charge in [-0.05, 0) is 36.4 Å². The molecule has 0 saturated heterocycles. The Bertz CT molecular complexity index is 613. The molecule has 0 aliphatic heterocycles. The van der Waals surface area contributed by atoms with Crippen LogP contribution in [0.5, 0.6) is 5.75 Å². The molecule has 2 rings (SSSR count). The molecule has 0 unspecified atom stereocenters. The second-order valence-electron chi connectivity index (χ2n) is 3.84. The van der Waals surface area contributed by atoms with E-state index in [4.69, 9.17) is 15.6 Å². The van der Waals surface area contributed by atoms with Gasteiger partial charge in [-0.15, -0.1) is 0 Å². The van der Waals surface area contributed by atoms with Gasteiger partial charge in [-0.3, -0.25) is 0 Å². The maximum Gasteiger partial charge on any atom is 0.336 e. The van der Waals surface area contributed by atoms with E-state index in [0.717, 1.165) is 10.6 Å². The molecule has 0 radical (unpaired) electrons. The van der Waals surface area contributed by atoms with Crippen LogP contribution in [0.3, 0.4) is 0 Å². The third kappa shape index (κ3) is 3.20. The van der Waals surface area contributed by atoms with E-state index in [1.165, 1.54) is 17.8 Å². The summed E-state index contributed by atoms with van der Waals surface area (Å²) in [5.41, 5.74) is 6.48. The normalized spacial score (nSPS) is 10.2. The summed E-state index contributed by atoms with van der Waals surface area (Å²) >= 11 is 1.35. The Morgan fingerprint density at radius 1 is 1.26 bits per heavy atom. The van der Waals surface area contributed by atoms with Crippen molar-refractivity contribution in [2.24, 2.45) is 0 Å². The first kappa shape index (κ1) is 13.3. The van der Waals surface area contributed by atoms with Crippen LogP contribution in [0.25, 0.3) is 0 Å². The van der Waals surface area contributed by atoms with Gasteiger partial charge in [0.05, 0.1) is 12.7 Å². The summed E-state index contributed by atoms with van der Waals surface area (Å²) in [5, 5.41) is 9.16. The quantitative estimate of drug-likeness (QED) is 0.839. The molecule has 0 amide bonds. The lowest BCUT2D eigenvalue weighted by molar-refractivity contribution is 0.0693. The lowest BCUT2D eigenvalue weighted by Gasteiger charge is -2.08. The van der Waals surface area contributed by atoms with Crippen molar-refractivity contribution in [3.63, 3.8) is 0 Å². The molecular formula is C14H13NO3S. The van der Waals surface area contributed by atoms with E-state index in [1.807, 2.05) is 24.3 Å². The van der Waals surface area contributed by atoms with Gasteiger partial charge in [-0.1, -0.05) is 17.8 Å². The number of rotatable bonds is 4. The average Bonchev–Trinajstić information content (AvgIpc) is 2.38. The lowest BCUT2D eigenvalue weighted by atomic mass is 10.2. The molecule has 3 N–H and O–H groups in total. The molecule has 0 aromatic heterocycles. The van der Waals surface area contributed by atoms with Crippen LogP contribution in [0.15, 0.2) is 52.3 Å². The summed E-state index contributed by atoms with van der Waals surface area (Å²) in [6.07, 6.45) is 0. The van der Waals surface area contributed by atoms with Crippen LogP contribution in [0.2, 0.25) is 0 Å². The highest BCUT2D eigenvalue weighted by atomic mass is 32.2. The molecule has 0 aliphatic carbocycles. The lowest BCUT2D eigenvalue weighted by Crippen LogP contribution is -1.99. The molecule has 2 aromatic rings. The van der Waals surface area contributed by atoms with E-state index in [0.29, 0.717) is 10.6 Å². The van der Waals surface area contributed by atoms with Gasteiger partial charge in [0.2, 0.25) is 0 Å². The molecule has 19 heavy (non-hydrogen) atoms. The maximum absolute atomic E-state index is 11.2. The van der Waals surface area contributed by atoms with Crippen molar-refractivity contribution < 1.29 is 14.6 Å². The average molecular weight is 275 g/mol. The summed E-state index contributed by atoms with van der Waals surface area (Å²) in [6.45, 7) is 0. The van der Waals surface area contributed by atoms with E-state index in [2.05, 4.69) is 0 Å². The number of nitrogens with two attached hydrogens (primary N) is 1. The Labute approximate surface area is 115 Å². The molecule has 0 bridgehead atoms. The number of methoxy groups -OCH3 is 1. The Kier molecular flexibility index (Phi) is 3.97. The minimum atomic E-state index is -0.967. The SMILES string of the molecule is COc1cccc(Sc2cc(N)ccc2C(=O)O)c1. The van der Waals surface area contributed by atoms with E-state index in [-0.39, 0.29) is 5.56 Å². The van der Waals surface area contributed by atoms with Crippen molar-refractivity contribution in [2.45, 2.75) is 9.79 Å². The molecule has 2 aromatic carbocycles. The van der Waals surface area contributed by atoms with Crippen LogP contribution < -0.4 is 10.5 Å². The van der Waals surface area contributed by atoms with Crippen molar-refractivity contribution >= 4 is 23.4 Å². The van der Waals surface area contributed by atoms with E-state index >= 15 is 0 Å². The zero-order chi connectivity index (χ0) is 13.8. The molecule has 0 heterocycles. The first-order chi connectivity index (χ1) is 9.10. The Balaban J connectivity index is 2.36. The number of carboxylic acids is 1. The third-order valence-corrected chi connectivity index (χ3v) is 3.55. The predicted octanol–water partition coefficient (Wildman–Crippen LogP) is 3.13. The number of nitrogen functional groups attached to an aromatic ring is 1. The van der Waals surface area contributed by atoms with Crippen LogP contribution >= 0.6 is 11.8 Å². The maximum atomic E-state index is 11.2. The van der Waals surface area contributed by atoms with Crippen LogP contribution in [0.1, 0.15) is 10.4 Å². The van der Waals surface area contributed by atoms with E-state index in [9.17, 15) is 4.79 Å². The van der Waals surface area contributed by atoms with Gasteiger partial charge in [0, 0.05) is 15.5 Å². The van der Waals surface area contributed by atoms with Gasteiger partial charge in [0.15, 0.2) is 0 Å². The number of benzene rings is 2. The molecule has 4 nitrogen and oxygen atoms in total. The molecule has 98 valence electrons.